The van der Waals surface area contributed by atoms with Crippen LogP contribution in [0.15, 0.2) is 3.92 Å². The first-order valence-corrected chi connectivity index (χ1v) is 5.56. The van der Waals surface area contributed by atoms with E-state index in [2.05, 4.69) is 25.7 Å². The van der Waals surface area contributed by atoms with Crippen LogP contribution < -0.4 is 0 Å². The topological polar surface area (TPSA) is 39.2 Å². The summed E-state index contributed by atoms with van der Waals surface area (Å²) in [7, 11) is 1.68. The molecule has 0 saturated heterocycles. The molecule has 0 spiro atoms. The molecular weight excluding hydrogens is 292 g/mol. The Morgan fingerprint density at radius 3 is 2.47 bits per heavy atom. The van der Waals surface area contributed by atoms with Crippen molar-refractivity contribution in [2.45, 2.75) is 13.3 Å². The number of alkyl halides is 2. The molecule has 7 heteroatoms. The lowest BCUT2D eigenvalue weighted by molar-refractivity contribution is 0.110. The smallest absolute Gasteiger partial charge is 0.281 e. The third-order valence-corrected chi connectivity index (χ3v) is 2.71. The number of aldehydes is 1. The van der Waals surface area contributed by atoms with Gasteiger partial charge in [0.05, 0.1) is 4.88 Å². The minimum atomic E-state index is -2.68. The zero-order valence-corrected chi connectivity index (χ0v) is 10.6. The van der Waals surface area contributed by atoms with E-state index >= 15 is 0 Å². The van der Waals surface area contributed by atoms with Crippen LogP contribution in [0.25, 0.3) is 0 Å². The van der Waals surface area contributed by atoms with Gasteiger partial charge in [0.25, 0.3) is 6.43 Å². The molecule has 0 radical (unpaired) electrons. The van der Waals surface area contributed by atoms with Gasteiger partial charge in [-0.15, -0.1) is 11.3 Å². The maximum atomic E-state index is 12.0. The summed E-state index contributed by atoms with van der Waals surface area (Å²) in [6, 6.07) is 0. The predicted molar refractivity (Wildman–Crippen MR) is 57.7 cm³/mol. The Balaban J connectivity index is 0.000000423. The van der Waals surface area contributed by atoms with Crippen molar-refractivity contribution >= 4 is 33.6 Å². The summed E-state index contributed by atoms with van der Waals surface area (Å²) < 4.78 is 28.8. The quantitative estimate of drug-likeness (QED) is 0.804. The number of carbonyl (C=O) groups excluding carboxylic acids is 1. The Labute approximate surface area is 98.6 Å². The molecule has 1 aromatic rings. The van der Waals surface area contributed by atoms with Gasteiger partial charge in [0.2, 0.25) is 0 Å². The molecule has 0 aromatic carbocycles. The normalized spacial score (nSPS) is 9.73. The van der Waals surface area contributed by atoms with Crippen LogP contribution in [0.1, 0.15) is 28.7 Å². The molecule has 15 heavy (non-hydrogen) atoms. The van der Waals surface area contributed by atoms with E-state index in [9.17, 15) is 13.6 Å². The van der Waals surface area contributed by atoms with E-state index in [-0.39, 0.29) is 4.88 Å². The molecule has 0 saturated carbocycles. The summed E-state index contributed by atoms with van der Waals surface area (Å²) in [5.74, 6) is 0. The highest BCUT2D eigenvalue weighted by atomic mass is 79.9. The molecule has 1 heterocycles. The molecule has 1 aromatic heterocycles. The summed E-state index contributed by atoms with van der Waals surface area (Å²) in [5, 5.41) is 0. The van der Waals surface area contributed by atoms with Gasteiger partial charge >= 0.3 is 0 Å². The van der Waals surface area contributed by atoms with E-state index in [1.165, 1.54) is 0 Å². The zero-order valence-electron chi connectivity index (χ0n) is 8.17. The van der Waals surface area contributed by atoms with Gasteiger partial charge in [-0.3, -0.25) is 4.79 Å². The van der Waals surface area contributed by atoms with Gasteiger partial charge in [0.1, 0.15) is 5.69 Å². The maximum absolute atomic E-state index is 12.0. The summed E-state index contributed by atoms with van der Waals surface area (Å²) in [6.45, 7) is 2.78. The number of hydrogen-bond acceptors (Lipinski definition) is 4. The summed E-state index contributed by atoms with van der Waals surface area (Å²) in [4.78, 5) is 13.6. The number of methoxy groups -OCH3 is 1. The molecule has 86 valence electrons. The van der Waals surface area contributed by atoms with Crippen LogP contribution >= 0.6 is 27.3 Å². The highest BCUT2D eigenvalue weighted by molar-refractivity contribution is 9.11. The molecule has 0 fully saturated rings. The van der Waals surface area contributed by atoms with E-state index < -0.39 is 12.1 Å². The largest absolute Gasteiger partial charge is 0.385 e. The number of halogens is 3. The second kappa shape index (κ2) is 7.84. The second-order valence-corrected chi connectivity index (χ2v) is 4.52. The van der Waals surface area contributed by atoms with Gasteiger partial charge in [-0.1, -0.05) is 0 Å². The van der Waals surface area contributed by atoms with Crippen LogP contribution in [0, 0.1) is 0 Å². The average molecular weight is 302 g/mol. The molecule has 0 amide bonds. The summed E-state index contributed by atoms with van der Waals surface area (Å²) in [5.41, 5.74) is -0.447. The van der Waals surface area contributed by atoms with Crippen LogP contribution in [-0.4, -0.2) is 25.0 Å². The van der Waals surface area contributed by atoms with Crippen molar-refractivity contribution < 1.29 is 18.3 Å². The molecule has 0 aliphatic rings. The first-order valence-electron chi connectivity index (χ1n) is 3.95. The highest BCUT2D eigenvalue weighted by Crippen LogP contribution is 2.28. The number of aromatic nitrogens is 1. The van der Waals surface area contributed by atoms with Crippen LogP contribution in [0.4, 0.5) is 8.78 Å². The number of carbonyl (C=O) groups is 1. The van der Waals surface area contributed by atoms with Gasteiger partial charge in [-0.25, -0.2) is 13.8 Å². The predicted octanol–water partition coefficient (Wildman–Crippen LogP) is 3.31. The lowest BCUT2D eigenvalue weighted by atomic mass is 10.4. The fraction of sp³-hybridized carbons (Fsp3) is 0.500. The lowest BCUT2D eigenvalue weighted by Gasteiger charge is -1.90. The van der Waals surface area contributed by atoms with Crippen LogP contribution in [0.2, 0.25) is 0 Å². The average Bonchev–Trinajstić information content (AvgIpc) is 2.60. The number of ether oxygens (including phenoxy) is 1. The standard InChI is InChI=1S/C5H2BrF2NOS.C3H8O/c6-5-9-3(4(7)8)2(1-10)11-5;1-3-4-2/h1,4H;3H2,1-2H3. The van der Waals surface area contributed by atoms with Crippen LogP contribution in [-0.2, 0) is 4.74 Å². The lowest BCUT2D eigenvalue weighted by Crippen LogP contribution is -1.88. The Morgan fingerprint density at radius 2 is 2.20 bits per heavy atom. The van der Waals surface area contributed by atoms with Crippen LogP contribution in [0.5, 0.6) is 0 Å². The molecule has 0 unspecified atom stereocenters. The Hall–Kier alpha value is -0.400. The SMILES string of the molecule is CCOC.O=Cc1sc(Br)nc1C(F)F. The van der Waals surface area contributed by atoms with Crippen molar-refractivity contribution in [2.75, 3.05) is 13.7 Å². The van der Waals surface area contributed by atoms with Crippen molar-refractivity contribution in [1.82, 2.24) is 4.98 Å². The molecule has 0 aliphatic carbocycles. The minimum absolute atomic E-state index is 0.0214. The monoisotopic (exact) mass is 301 g/mol. The zero-order chi connectivity index (χ0) is 11.8. The Morgan fingerprint density at radius 1 is 1.67 bits per heavy atom. The van der Waals surface area contributed by atoms with Crippen molar-refractivity contribution in [3.8, 4) is 0 Å². The number of thiazole rings is 1. The molecule has 1 rings (SSSR count). The van der Waals surface area contributed by atoms with Crippen molar-refractivity contribution in [1.29, 1.82) is 0 Å². The van der Waals surface area contributed by atoms with E-state index in [0.29, 0.717) is 10.2 Å². The third kappa shape index (κ3) is 5.29. The van der Waals surface area contributed by atoms with Gasteiger partial charge in [-0.2, -0.15) is 0 Å². The first kappa shape index (κ1) is 14.6. The molecule has 0 bridgehead atoms. The van der Waals surface area contributed by atoms with Gasteiger partial charge in [0, 0.05) is 13.7 Å². The summed E-state index contributed by atoms with van der Waals surface area (Å²) in [6.07, 6.45) is -2.30. The number of rotatable bonds is 3. The van der Waals surface area contributed by atoms with Gasteiger partial charge < -0.3 is 4.74 Å². The van der Waals surface area contributed by atoms with Crippen molar-refractivity contribution in [3.63, 3.8) is 0 Å². The molecule has 0 atom stereocenters. The molecule has 0 aliphatic heterocycles. The van der Waals surface area contributed by atoms with E-state index in [1.54, 1.807) is 7.11 Å². The minimum Gasteiger partial charge on any atom is -0.385 e. The Bertz CT molecular complexity index is 305. The van der Waals surface area contributed by atoms with Gasteiger partial charge in [0.15, 0.2) is 10.2 Å². The molecule has 3 nitrogen and oxygen atoms in total. The third-order valence-electron chi connectivity index (χ3n) is 1.26. The van der Waals surface area contributed by atoms with E-state index in [4.69, 9.17) is 0 Å². The number of nitrogens with zero attached hydrogens (tertiary/aromatic N) is 1. The first-order chi connectivity index (χ1) is 7.06. The second-order valence-electron chi connectivity index (χ2n) is 2.21. The van der Waals surface area contributed by atoms with Gasteiger partial charge in [-0.05, 0) is 22.9 Å². The molecule has 0 N–H and O–H groups in total. The highest BCUT2D eigenvalue weighted by Gasteiger charge is 2.17. The van der Waals surface area contributed by atoms with E-state index in [1.807, 2.05) is 6.92 Å². The summed E-state index contributed by atoms with van der Waals surface area (Å²) >= 11 is 3.81. The maximum Gasteiger partial charge on any atom is 0.281 e. The fourth-order valence-corrected chi connectivity index (χ4v) is 1.88. The Kier molecular flexibility index (Phi) is 7.63. The van der Waals surface area contributed by atoms with Crippen molar-refractivity contribution in [3.05, 3.63) is 14.5 Å². The molecular formula is C8H10BrF2NO2S. The van der Waals surface area contributed by atoms with Crippen molar-refractivity contribution in [2.24, 2.45) is 0 Å². The fourth-order valence-electron chi connectivity index (χ4n) is 0.556. The number of hydrogen-bond donors (Lipinski definition) is 0. The van der Waals surface area contributed by atoms with Crippen LogP contribution in [0.3, 0.4) is 0 Å². The van der Waals surface area contributed by atoms with E-state index in [0.717, 1.165) is 17.9 Å².